The van der Waals surface area contributed by atoms with Crippen LogP contribution >= 0.6 is 0 Å². The van der Waals surface area contributed by atoms with E-state index in [9.17, 15) is 4.79 Å². The third-order valence-corrected chi connectivity index (χ3v) is 2.77. The molecule has 0 aromatic carbocycles. The van der Waals surface area contributed by atoms with Gasteiger partial charge in [0.1, 0.15) is 5.82 Å². The summed E-state index contributed by atoms with van der Waals surface area (Å²) in [6, 6.07) is 3.44. The highest BCUT2D eigenvalue weighted by Gasteiger charge is 2.11. The number of hydrogen-bond acceptors (Lipinski definition) is 5. The van der Waals surface area contributed by atoms with Gasteiger partial charge in [-0.3, -0.25) is 4.68 Å². The molecule has 0 aliphatic rings. The van der Waals surface area contributed by atoms with E-state index in [2.05, 4.69) is 20.1 Å². The maximum atomic E-state index is 11.5. The largest absolute Gasteiger partial charge is 0.465 e. The van der Waals surface area contributed by atoms with Gasteiger partial charge in [0, 0.05) is 13.2 Å². The Bertz CT molecular complexity index is 619. The van der Waals surface area contributed by atoms with Crippen LogP contribution in [0.1, 0.15) is 21.7 Å². The number of hydrogen-bond donors (Lipinski definition) is 1. The zero-order valence-corrected chi connectivity index (χ0v) is 11.4. The lowest BCUT2D eigenvalue weighted by atomic mass is 10.2. The molecule has 0 fully saturated rings. The van der Waals surface area contributed by atoms with Gasteiger partial charge >= 0.3 is 5.97 Å². The quantitative estimate of drug-likeness (QED) is 0.854. The van der Waals surface area contributed by atoms with Crippen molar-refractivity contribution < 1.29 is 9.53 Å². The Morgan fingerprint density at radius 3 is 2.58 bits per heavy atom. The molecular formula is C13H16N4O2. The highest BCUT2D eigenvalue weighted by molar-refractivity contribution is 5.90. The first-order valence-electron chi connectivity index (χ1n) is 5.84. The summed E-state index contributed by atoms with van der Waals surface area (Å²) in [6.45, 7) is 3.69. The maximum Gasteiger partial charge on any atom is 0.339 e. The van der Waals surface area contributed by atoms with Crippen molar-refractivity contribution in [1.29, 1.82) is 0 Å². The van der Waals surface area contributed by atoms with Crippen molar-refractivity contribution in [2.75, 3.05) is 12.4 Å². The van der Waals surface area contributed by atoms with Crippen LogP contribution < -0.4 is 5.32 Å². The number of ether oxygens (including phenoxy) is 1. The monoisotopic (exact) mass is 260 g/mol. The summed E-state index contributed by atoms with van der Waals surface area (Å²) in [5, 5.41) is 7.41. The Morgan fingerprint density at radius 2 is 2.05 bits per heavy atom. The highest BCUT2D eigenvalue weighted by atomic mass is 16.5. The van der Waals surface area contributed by atoms with Crippen molar-refractivity contribution in [3.63, 3.8) is 0 Å². The van der Waals surface area contributed by atoms with E-state index < -0.39 is 0 Å². The molecule has 0 saturated heterocycles. The molecule has 0 amide bonds. The number of pyridine rings is 1. The van der Waals surface area contributed by atoms with E-state index in [1.54, 1.807) is 23.7 Å². The number of carbonyl (C=O) groups excluding carboxylic acids is 1. The zero-order valence-electron chi connectivity index (χ0n) is 11.4. The van der Waals surface area contributed by atoms with Gasteiger partial charge in [0.25, 0.3) is 0 Å². The van der Waals surface area contributed by atoms with Crippen LogP contribution in [0.25, 0.3) is 0 Å². The van der Waals surface area contributed by atoms with E-state index in [0.717, 1.165) is 11.4 Å². The minimum Gasteiger partial charge on any atom is -0.465 e. The molecule has 2 aromatic heterocycles. The van der Waals surface area contributed by atoms with Crippen molar-refractivity contribution >= 4 is 17.5 Å². The van der Waals surface area contributed by atoms with Crippen LogP contribution in [0.5, 0.6) is 0 Å². The van der Waals surface area contributed by atoms with E-state index in [1.807, 2.05) is 20.2 Å². The average molecular weight is 260 g/mol. The summed E-state index contributed by atoms with van der Waals surface area (Å²) in [4.78, 5) is 15.8. The van der Waals surface area contributed by atoms with Gasteiger partial charge in [-0.05, 0) is 26.0 Å². The van der Waals surface area contributed by atoms with Gasteiger partial charge in [-0.2, -0.15) is 5.10 Å². The Labute approximate surface area is 111 Å². The van der Waals surface area contributed by atoms with Crippen LogP contribution in [0.3, 0.4) is 0 Å². The Morgan fingerprint density at radius 1 is 1.32 bits per heavy atom. The Balaban J connectivity index is 2.25. The summed E-state index contributed by atoms with van der Waals surface area (Å²) >= 11 is 0. The maximum absolute atomic E-state index is 11.5. The predicted molar refractivity (Wildman–Crippen MR) is 71.5 cm³/mol. The second kappa shape index (κ2) is 5.09. The molecule has 100 valence electrons. The van der Waals surface area contributed by atoms with Crippen LogP contribution in [0.2, 0.25) is 0 Å². The molecule has 6 nitrogen and oxygen atoms in total. The first-order chi connectivity index (χ1) is 9.01. The minimum absolute atomic E-state index is 0.380. The first kappa shape index (κ1) is 13.1. The molecular weight excluding hydrogens is 244 g/mol. The van der Waals surface area contributed by atoms with Gasteiger partial charge in [-0.1, -0.05) is 0 Å². The molecule has 0 atom stereocenters. The van der Waals surface area contributed by atoms with Crippen molar-refractivity contribution in [1.82, 2.24) is 14.8 Å². The summed E-state index contributed by atoms with van der Waals surface area (Å²) in [5.74, 6) is 0.287. The van der Waals surface area contributed by atoms with E-state index in [1.165, 1.54) is 7.11 Å². The van der Waals surface area contributed by atoms with Gasteiger partial charge in [-0.15, -0.1) is 0 Å². The molecule has 0 radical (unpaired) electrons. The zero-order chi connectivity index (χ0) is 14.0. The van der Waals surface area contributed by atoms with Crippen LogP contribution in [0.4, 0.5) is 11.5 Å². The lowest BCUT2D eigenvalue weighted by molar-refractivity contribution is 0.0599. The normalized spacial score (nSPS) is 10.3. The fourth-order valence-corrected chi connectivity index (χ4v) is 1.82. The van der Waals surface area contributed by atoms with Crippen molar-refractivity contribution in [2.24, 2.45) is 7.05 Å². The highest BCUT2D eigenvalue weighted by Crippen LogP contribution is 2.19. The minimum atomic E-state index is -0.380. The molecule has 6 heteroatoms. The van der Waals surface area contributed by atoms with Crippen LogP contribution in [0.15, 0.2) is 18.3 Å². The number of esters is 1. The van der Waals surface area contributed by atoms with Gasteiger partial charge in [0.2, 0.25) is 0 Å². The number of aryl methyl sites for hydroxylation is 3. The van der Waals surface area contributed by atoms with Crippen LogP contribution in [-0.4, -0.2) is 27.8 Å². The van der Waals surface area contributed by atoms with Gasteiger partial charge in [0.15, 0.2) is 0 Å². The number of nitrogens with zero attached hydrogens (tertiary/aromatic N) is 3. The summed E-state index contributed by atoms with van der Waals surface area (Å²) < 4.78 is 6.41. The fraction of sp³-hybridized carbons (Fsp3) is 0.308. The third-order valence-electron chi connectivity index (χ3n) is 2.77. The van der Waals surface area contributed by atoms with Gasteiger partial charge in [-0.25, -0.2) is 9.78 Å². The van der Waals surface area contributed by atoms with E-state index in [-0.39, 0.29) is 5.97 Å². The molecule has 2 heterocycles. The van der Waals surface area contributed by atoms with Gasteiger partial charge < -0.3 is 10.1 Å². The topological polar surface area (TPSA) is 69.0 Å². The number of carbonyl (C=O) groups is 1. The molecule has 0 aliphatic carbocycles. The molecule has 1 N–H and O–H groups in total. The van der Waals surface area contributed by atoms with E-state index in [4.69, 9.17) is 0 Å². The van der Waals surface area contributed by atoms with Crippen molar-refractivity contribution in [2.45, 2.75) is 13.8 Å². The van der Waals surface area contributed by atoms with Gasteiger partial charge in [0.05, 0.1) is 29.7 Å². The van der Waals surface area contributed by atoms with E-state index in [0.29, 0.717) is 17.1 Å². The Hall–Kier alpha value is -2.37. The number of anilines is 2. The van der Waals surface area contributed by atoms with Crippen LogP contribution in [-0.2, 0) is 11.8 Å². The molecule has 2 aromatic rings. The number of rotatable bonds is 3. The van der Waals surface area contributed by atoms with E-state index >= 15 is 0 Å². The van der Waals surface area contributed by atoms with Crippen molar-refractivity contribution in [3.8, 4) is 0 Å². The molecule has 0 bridgehead atoms. The summed E-state index contributed by atoms with van der Waals surface area (Å²) in [5.41, 5.74) is 2.87. The number of nitrogens with one attached hydrogen (secondary N) is 1. The smallest absolute Gasteiger partial charge is 0.339 e. The number of aromatic nitrogens is 3. The standard InChI is InChI=1S/C13H16N4O2/c1-8-10(13(18)19-4)5-6-12(14-8)15-11-7-17(3)16-9(11)2/h5-7H,1-4H3,(H,14,15). The SMILES string of the molecule is COC(=O)c1ccc(Nc2cn(C)nc2C)nc1C. The summed E-state index contributed by atoms with van der Waals surface area (Å²) in [6.07, 6.45) is 1.88. The lowest BCUT2D eigenvalue weighted by Crippen LogP contribution is -2.06. The summed E-state index contributed by atoms with van der Waals surface area (Å²) in [7, 11) is 3.21. The molecule has 0 saturated carbocycles. The lowest BCUT2D eigenvalue weighted by Gasteiger charge is -2.07. The number of methoxy groups -OCH3 is 1. The molecule has 19 heavy (non-hydrogen) atoms. The molecule has 0 aliphatic heterocycles. The molecule has 0 unspecified atom stereocenters. The van der Waals surface area contributed by atoms with Crippen LogP contribution in [0, 0.1) is 13.8 Å². The molecule has 2 rings (SSSR count). The van der Waals surface area contributed by atoms with Crippen molar-refractivity contribution in [3.05, 3.63) is 35.3 Å². The fourth-order valence-electron chi connectivity index (χ4n) is 1.82. The second-order valence-corrected chi connectivity index (χ2v) is 4.25. The second-order valence-electron chi connectivity index (χ2n) is 4.25. The predicted octanol–water partition coefficient (Wildman–Crippen LogP) is 1.96. The third kappa shape index (κ3) is 2.73. The first-order valence-corrected chi connectivity index (χ1v) is 5.84. The molecule has 0 spiro atoms. The average Bonchev–Trinajstić information content (AvgIpc) is 2.67. The Kier molecular flexibility index (Phi) is 3.50.